The van der Waals surface area contributed by atoms with Crippen molar-refractivity contribution in [3.8, 4) is 0 Å². The molecule has 2 aliphatic rings. The Balaban J connectivity index is 1.66. The number of fused-ring (bicyclic) bond motifs is 2. The standard InChI is InChI=1S/C15H17NO4/c17-14(18)13-11-6-7-12(8-11)16(13)15(19)20-9-10-4-2-1-3-5-10/h1-5,11-13H,6-9H2,(H,17,18)/t11-,12+,13+/m1/s1. The molecule has 106 valence electrons. The van der Waals surface area contributed by atoms with Crippen LogP contribution in [0.4, 0.5) is 4.79 Å². The smallest absolute Gasteiger partial charge is 0.411 e. The van der Waals surface area contributed by atoms with E-state index in [2.05, 4.69) is 0 Å². The zero-order valence-corrected chi connectivity index (χ0v) is 11.1. The molecule has 1 N–H and O–H groups in total. The molecule has 0 radical (unpaired) electrons. The van der Waals surface area contributed by atoms with E-state index in [1.807, 2.05) is 30.3 Å². The van der Waals surface area contributed by atoms with Crippen LogP contribution in [-0.4, -0.2) is 34.2 Å². The lowest BCUT2D eigenvalue weighted by Gasteiger charge is -2.31. The van der Waals surface area contributed by atoms with Gasteiger partial charge in [-0.15, -0.1) is 0 Å². The molecule has 1 aromatic carbocycles. The van der Waals surface area contributed by atoms with Crippen LogP contribution in [0.3, 0.4) is 0 Å². The van der Waals surface area contributed by atoms with Crippen LogP contribution in [0.25, 0.3) is 0 Å². The predicted octanol–water partition coefficient (Wildman–Crippen LogP) is 2.26. The van der Waals surface area contributed by atoms with Gasteiger partial charge in [0.1, 0.15) is 12.6 Å². The van der Waals surface area contributed by atoms with Gasteiger partial charge in [0.2, 0.25) is 0 Å². The maximum Gasteiger partial charge on any atom is 0.411 e. The highest BCUT2D eigenvalue weighted by molar-refractivity contribution is 5.81. The van der Waals surface area contributed by atoms with Crippen molar-refractivity contribution in [3.63, 3.8) is 0 Å². The summed E-state index contributed by atoms with van der Waals surface area (Å²) in [5.41, 5.74) is 0.900. The number of hydrogen-bond acceptors (Lipinski definition) is 3. The average molecular weight is 275 g/mol. The molecular weight excluding hydrogens is 258 g/mol. The van der Waals surface area contributed by atoms with Crippen molar-refractivity contribution in [3.05, 3.63) is 35.9 Å². The third-order valence-corrected chi connectivity index (χ3v) is 4.25. The van der Waals surface area contributed by atoms with Crippen molar-refractivity contribution in [1.82, 2.24) is 4.90 Å². The molecule has 1 saturated carbocycles. The molecule has 3 atom stereocenters. The fourth-order valence-corrected chi connectivity index (χ4v) is 3.36. The summed E-state index contributed by atoms with van der Waals surface area (Å²) in [6, 6.07) is 8.71. The molecule has 1 heterocycles. The van der Waals surface area contributed by atoms with E-state index < -0.39 is 18.1 Å². The monoisotopic (exact) mass is 275 g/mol. The zero-order chi connectivity index (χ0) is 14.1. The Hall–Kier alpha value is -2.04. The largest absolute Gasteiger partial charge is 0.480 e. The lowest BCUT2D eigenvalue weighted by molar-refractivity contribution is -0.144. The molecule has 20 heavy (non-hydrogen) atoms. The van der Waals surface area contributed by atoms with Gasteiger partial charge < -0.3 is 9.84 Å². The SMILES string of the molecule is O=C(O)[C@@H]1[C@@H]2CC[C@@H](C2)N1C(=O)OCc1ccccc1. The third-order valence-electron chi connectivity index (χ3n) is 4.25. The molecule has 1 saturated heterocycles. The summed E-state index contributed by atoms with van der Waals surface area (Å²) < 4.78 is 5.27. The molecule has 2 bridgehead atoms. The van der Waals surface area contributed by atoms with Gasteiger partial charge in [0, 0.05) is 6.04 Å². The quantitative estimate of drug-likeness (QED) is 0.918. The van der Waals surface area contributed by atoms with Gasteiger partial charge in [0.25, 0.3) is 0 Å². The number of carboxylic acids is 1. The predicted molar refractivity (Wildman–Crippen MR) is 71.0 cm³/mol. The molecular formula is C15H17NO4. The Bertz CT molecular complexity index is 516. The van der Waals surface area contributed by atoms with Crippen LogP contribution in [0, 0.1) is 5.92 Å². The van der Waals surface area contributed by atoms with E-state index in [-0.39, 0.29) is 18.6 Å². The maximum atomic E-state index is 12.2. The number of likely N-dealkylation sites (tertiary alicyclic amines) is 1. The Morgan fingerprint density at radius 2 is 2.00 bits per heavy atom. The lowest BCUT2D eigenvalue weighted by Crippen LogP contribution is -2.49. The van der Waals surface area contributed by atoms with Crippen molar-refractivity contribution in [2.45, 2.75) is 38.0 Å². The minimum atomic E-state index is -0.922. The second-order valence-electron chi connectivity index (χ2n) is 5.46. The number of carboxylic acid groups (broad SMARTS) is 1. The molecule has 0 aromatic heterocycles. The molecule has 1 aromatic rings. The number of carbonyl (C=O) groups is 2. The van der Waals surface area contributed by atoms with Crippen molar-refractivity contribution in [2.75, 3.05) is 0 Å². The lowest BCUT2D eigenvalue weighted by atomic mass is 9.99. The van der Waals surface area contributed by atoms with Crippen LogP contribution in [0.1, 0.15) is 24.8 Å². The van der Waals surface area contributed by atoms with Gasteiger partial charge in [-0.25, -0.2) is 9.59 Å². The van der Waals surface area contributed by atoms with Crippen LogP contribution < -0.4 is 0 Å². The van der Waals surface area contributed by atoms with Crippen LogP contribution in [-0.2, 0) is 16.1 Å². The van der Waals surface area contributed by atoms with Crippen LogP contribution in [0.5, 0.6) is 0 Å². The maximum absolute atomic E-state index is 12.2. The van der Waals surface area contributed by atoms with Crippen LogP contribution in [0.2, 0.25) is 0 Å². The second-order valence-corrected chi connectivity index (χ2v) is 5.46. The highest BCUT2D eigenvalue weighted by atomic mass is 16.6. The number of aliphatic carboxylic acids is 1. The minimum Gasteiger partial charge on any atom is -0.480 e. The van der Waals surface area contributed by atoms with E-state index in [1.54, 1.807) is 0 Å². The zero-order valence-electron chi connectivity index (χ0n) is 11.1. The first-order valence-corrected chi connectivity index (χ1v) is 6.88. The fourth-order valence-electron chi connectivity index (χ4n) is 3.36. The van der Waals surface area contributed by atoms with Gasteiger partial charge in [-0.1, -0.05) is 30.3 Å². The minimum absolute atomic E-state index is 0.0318. The van der Waals surface area contributed by atoms with E-state index in [4.69, 9.17) is 4.74 Å². The van der Waals surface area contributed by atoms with Gasteiger partial charge in [-0.05, 0) is 30.7 Å². The number of benzene rings is 1. The van der Waals surface area contributed by atoms with Crippen LogP contribution >= 0.6 is 0 Å². The first kappa shape index (κ1) is 13.0. The summed E-state index contributed by atoms with van der Waals surface area (Å²) in [4.78, 5) is 24.9. The Labute approximate surface area is 117 Å². The summed E-state index contributed by atoms with van der Waals surface area (Å²) >= 11 is 0. The van der Waals surface area contributed by atoms with Gasteiger partial charge >= 0.3 is 12.1 Å². The fraction of sp³-hybridized carbons (Fsp3) is 0.467. The molecule has 1 aliphatic carbocycles. The number of ether oxygens (including phenoxy) is 1. The van der Waals surface area contributed by atoms with Gasteiger partial charge in [-0.3, -0.25) is 4.90 Å². The molecule has 3 rings (SSSR count). The first-order chi connectivity index (χ1) is 9.66. The summed E-state index contributed by atoms with van der Waals surface area (Å²) in [7, 11) is 0. The average Bonchev–Trinajstić information content (AvgIpc) is 3.06. The van der Waals surface area contributed by atoms with E-state index in [9.17, 15) is 14.7 Å². The van der Waals surface area contributed by atoms with Gasteiger partial charge in [-0.2, -0.15) is 0 Å². The van der Waals surface area contributed by atoms with E-state index in [0.29, 0.717) is 0 Å². The van der Waals surface area contributed by atoms with E-state index >= 15 is 0 Å². The number of nitrogens with zero attached hydrogens (tertiary/aromatic N) is 1. The van der Waals surface area contributed by atoms with E-state index in [0.717, 1.165) is 24.8 Å². The number of hydrogen-bond donors (Lipinski definition) is 1. The first-order valence-electron chi connectivity index (χ1n) is 6.88. The summed E-state index contributed by atoms with van der Waals surface area (Å²) in [6.45, 7) is 0.180. The van der Waals surface area contributed by atoms with E-state index in [1.165, 1.54) is 4.90 Å². The molecule has 5 nitrogen and oxygen atoms in total. The molecule has 1 amide bonds. The van der Waals surface area contributed by atoms with Crippen molar-refractivity contribution >= 4 is 12.1 Å². The Morgan fingerprint density at radius 3 is 2.70 bits per heavy atom. The third kappa shape index (κ3) is 2.24. The number of piperidine rings is 1. The molecule has 0 unspecified atom stereocenters. The number of rotatable bonds is 3. The number of amides is 1. The Kier molecular flexibility index (Phi) is 3.34. The van der Waals surface area contributed by atoms with Gasteiger partial charge in [0.05, 0.1) is 0 Å². The highest BCUT2D eigenvalue weighted by Crippen LogP contribution is 2.42. The van der Waals surface area contributed by atoms with Crippen molar-refractivity contribution in [2.24, 2.45) is 5.92 Å². The van der Waals surface area contributed by atoms with Crippen molar-refractivity contribution in [1.29, 1.82) is 0 Å². The summed E-state index contributed by atoms with van der Waals surface area (Å²) in [6.07, 6.45) is 2.06. The molecule has 1 aliphatic heterocycles. The molecule has 5 heteroatoms. The summed E-state index contributed by atoms with van der Waals surface area (Å²) in [5, 5.41) is 9.29. The molecule has 2 fully saturated rings. The van der Waals surface area contributed by atoms with Gasteiger partial charge in [0.15, 0.2) is 0 Å². The second kappa shape index (κ2) is 5.15. The number of carbonyl (C=O) groups excluding carboxylic acids is 1. The van der Waals surface area contributed by atoms with Crippen LogP contribution in [0.15, 0.2) is 30.3 Å². The highest BCUT2D eigenvalue weighted by Gasteiger charge is 2.52. The normalized spacial score (nSPS) is 27.6. The molecule has 0 spiro atoms. The summed E-state index contributed by atoms with van der Waals surface area (Å²) in [5.74, 6) is -0.837. The Morgan fingerprint density at radius 1 is 1.25 bits per heavy atom. The van der Waals surface area contributed by atoms with Crippen molar-refractivity contribution < 1.29 is 19.4 Å². The topological polar surface area (TPSA) is 66.8 Å².